The minimum absolute atomic E-state index is 0. The molecule has 19 heteroatoms. The average Bonchev–Trinajstić information content (AvgIpc) is 3.32. The van der Waals surface area contributed by atoms with Crippen molar-refractivity contribution in [3.8, 4) is 0 Å². The van der Waals surface area contributed by atoms with E-state index in [2.05, 4.69) is 112 Å². The van der Waals surface area contributed by atoms with Gasteiger partial charge in [-0.3, -0.25) is 4.99 Å². The Morgan fingerprint density at radius 3 is 1.01 bits per heavy atom. The van der Waals surface area contributed by atoms with Crippen molar-refractivity contribution in [1.29, 1.82) is 0 Å². The third-order valence-electron chi connectivity index (χ3n) is 12.3. The van der Waals surface area contributed by atoms with Crippen LogP contribution in [0.25, 0.3) is 5.32 Å². The molecule has 73 heavy (non-hydrogen) atoms. The van der Waals surface area contributed by atoms with Crippen LogP contribution in [0.1, 0.15) is 121 Å². The molecule has 6 rings (SSSR count). The summed E-state index contributed by atoms with van der Waals surface area (Å²) in [6.45, 7) is 22.1. The van der Waals surface area contributed by atoms with Gasteiger partial charge in [0.05, 0.1) is 5.69 Å². The fourth-order valence-electron chi connectivity index (χ4n) is 8.87. The van der Waals surface area contributed by atoms with Crippen LogP contribution in [0, 0.1) is 87.3 Å². The summed E-state index contributed by atoms with van der Waals surface area (Å²) in [4.78, 5) is 5.08. The Kier molecular flexibility index (Phi) is 19.6. The summed E-state index contributed by atoms with van der Waals surface area (Å²) in [5, 5.41) is 5.08. The zero-order valence-corrected chi connectivity index (χ0v) is 42.0. The zero-order chi connectivity index (χ0) is 54.0. The predicted molar refractivity (Wildman–Crippen MR) is 252 cm³/mol. The summed E-state index contributed by atoms with van der Waals surface area (Å²) < 4.78 is 220. The molecule has 0 aliphatic rings. The Balaban J connectivity index is 0.000000325. The fraction of sp³-hybridized carbons (Fsp3) is 0.278. The zero-order valence-electron chi connectivity index (χ0n) is 40.9. The number of benzene rings is 6. The Hall–Kier alpha value is -5.94. The van der Waals surface area contributed by atoms with Crippen LogP contribution in [0.3, 0.4) is 0 Å². The maximum absolute atomic E-state index is 15.3. The molecule has 0 fully saturated rings. The van der Waals surface area contributed by atoms with Crippen molar-refractivity contribution < 1.29 is 82.9 Å². The van der Waals surface area contributed by atoms with Gasteiger partial charge in [-0.05, 0) is 41.7 Å². The van der Waals surface area contributed by atoms with Crippen molar-refractivity contribution in [2.45, 2.75) is 99.2 Å². The first-order valence-corrected chi connectivity index (χ1v) is 22.6. The smallest absolute Gasteiger partial charge is 0.661 e. The van der Waals surface area contributed by atoms with E-state index in [1.165, 1.54) is 28.3 Å². The van der Waals surface area contributed by atoms with E-state index in [-0.39, 0.29) is 17.1 Å². The van der Waals surface area contributed by atoms with Gasteiger partial charge in [-0.25, -0.2) is 65.9 Å². The molecule has 0 atom stereocenters. The van der Waals surface area contributed by atoms with Gasteiger partial charge in [-0.2, -0.15) is 5.70 Å². The second-order valence-electron chi connectivity index (χ2n) is 18.5. The first-order chi connectivity index (χ1) is 33.6. The molecule has 390 valence electrons. The fourth-order valence-corrected chi connectivity index (χ4v) is 8.87. The summed E-state index contributed by atoms with van der Waals surface area (Å²) >= 11 is 0. The van der Waals surface area contributed by atoms with E-state index in [9.17, 15) is 39.5 Å². The largest absolute Gasteiger partial charge is 2.00 e. The molecule has 0 saturated heterocycles. The molecule has 0 bridgehead atoms. The van der Waals surface area contributed by atoms with Crippen LogP contribution in [0.2, 0.25) is 0 Å². The molecule has 0 amide bonds. The molecule has 0 saturated carbocycles. The maximum Gasteiger partial charge on any atom is 2.00 e. The van der Waals surface area contributed by atoms with Crippen molar-refractivity contribution in [2.24, 2.45) is 4.99 Å². The van der Waals surface area contributed by atoms with Crippen LogP contribution in [0.4, 0.5) is 77.2 Å². The van der Waals surface area contributed by atoms with Gasteiger partial charge >= 0.3 is 17.1 Å². The average molecular weight is 1080 g/mol. The van der Waals surface area contributed by atoms with E-state index < -0.39 is 122 Å². The first-order valence-electron chi connectivity index (χ1n) is 22.6. The van der Waals surface area contributed by atoms with Gasteiger partial charge in [0.25, 0.3) is 0 Å². The van der Waals surface area contributed by atoms with Crippen LogP contribution in [-0.2, 0) is 23.4 Å². The SMILES string of the molecule is CC(/C=C(/C)[N-]c1c(C(C)C)cccc1C(C)C)=Nc1c(C(C)C)cccc1C(C)C.Fc1c(F)c(F)c([B-](Cc2ccccc2)(c2c(F)c(F)c(F)c(F)c2F)c2c(F)c(F)c(F)c(F)c2F)c(F)c1F.[Fe+2]. The quantitative estimate of drug-likeness (QED) is 0.0362. The van der Waals surface area contributed by atoms with Crippen molar-refractivity contribution in [3.63, 3.8) is 0 Å². The van der Waals surface area contributed by atoms with E-state index >= 15 is 26.3 Å². The second kappa shape index (κ2) is 23.9. The number of nitrogens with zero attached hydrogens (tertiary/aromatic N) is 2. The van der Waals surface area contributed by atoms with Crippen molar-refractivity contribution >= 4 is 39.6 Å². The molecular weight excluding hydrogens is 1030 g/mol. The molecule has 0 unspecified atom stereocenters. The van der Waals surface area contributed by atoms with E-state index in [0.717, 1.165) is 47.0 Å². The number of hydrogen-bond acceptors (Lipinski definition) is 1. The van der Waals surface area contributed by atoms with Crippen molar-refractivity contribution in [2.75, 3.05) is 0 Å². The summed E-state index contributed by atoms with van der Waals surface area (Å²) in [6.07, 6.45) is -5.30. The van der Waals surface area contributed by atoms with Gasteiger partial charge in [-0.15, -0.1) is 28.4 Å². The molecule has 0 radical (unpaired) electrons. The Labute approximate surface area is 424 Å². The van der Waals surface area contributed by atoms with Crippen LogP contribution < -0.4 is 16.4 Å². The molecule has 6 aromatic rings. The number of rotatable bonds is 13. The van der Waals surface area contributed by atoms with Gasteiger partial charge in [0.15, 0.2) is 52.4 Å². The predicted octanol–water partition coefficient (Wildman–Crippen LogP) is 15.9. The molecule has 0 N–H and O–H groups in total. The number of para-hydroxylation sites is 2. The molecule has 0 spiro atoms. The molecule has 0 aromatic heterocycles. The van der Waals surface area contributed by atoms with Gasteiger partial charge in [0, 0.05) is 5.71 Å². The summed E-state index contributed by atoms with van der Waals surface area (Å²) in [7, 11) is 0. The number of halogens is 15. The Morgan fingerprint density at radius 1 is 0.425 bits per heavy atom. The minimum atomic E-state index is -5.59. The molecule has 0 heterocycles. The third-order valence-corrected chi connectivity index (χ3v) is 12.3. The Morgan fingerprint density at radius 2 is 0.712 bits per heavy atom. The van der Waals surface area contributed by atoms with E-state index in [0.29, 0.717) is 23.7 Å². The third kappa shape index (κ3) is 11.6. The van der Waals surface area contributed by atoms with E-state index in [1.807, 2.05) is 0 Å². The summed E-state index contributed by atoms with van der Waals surface area (Å²) in [5.74, 6) is -43.4. The van der Waals surface area contributed by atoms with Crippen molar-refractivity contribution in [1.82, 2.24) is 0 Å². The molecular formula is C54H48BF15FeN2. The van der Waals surface area contributed by atoms with Crippen LogP contribution >= 0.6 is 0 Å². The minimum Gasteiger partial charge on any atom is -0.661 e. The first kappa shape index (κ1) is 59.6. The maximum atomic E-state index is 15.3. The Bertz CT molecular complexity index is 2770. The molecule has 2 nitrogen and oxygen atoms in total. The molecule has 6 aromatic carbocycles. The van der Waals surface area contributed by atoms with E-state index in [1.54, 1.807) is 0 Å². The standard InChI is InChI=1S/C29H41N2.C25H7BF15.Fe/c1-18(2)24-13-11-14-25(19(3)4)28(24)30-22(9)17-23(10)31-29-26(20(5)6)15-12-16-27(29)21(7)8;27-11-8(12(28)18(34)23(39)17(11)33)26(6-7-4-2-1-3-5-7,9-13(29)19(35)24(40)20(36)14(9)30)10-15(31)21(37)25(41)22(38)16(10)32;/h11-21H,1-10H3;1-5H,6H2;/q2*-1;+2/b22-17-,31-23?;;. The number of hydrogen-bond donors (Lipinski definition) is 0. The van der Waals surface area contributed by atoms with Gasteiger partial charge in [0.1, 0.15) is 41.0 Å². The van der Waals surface area contributed by atoms with Crippen LogP contribution in [-0.4, -0.2) is 11.9 Å². The van der Waals surface area contributed by atoms with E-state index in [4.69, 9.17) is 10.3 Å². The van der Waals surface area contributed by atoms with Crippen LogP contribution in [0.15, 0.2) is 83.5 Å². The van der Waals surface area contributed by atoms with Crippen molar-refractivity contribution in [3.05, 3.63) is 199 Å². The normalized spacial score (nSPS) is 12.2. The van der Waals surface area contributed by atoms with Gasteiger partial charge in [0.2, 0.25) is 0 Å². The topological polar surface area (TPSA) is 26.5 Å². The van der Waals surface area contributed by atoms with Gasteiger partial charge in [-0.1, -0.05) is 152 Å². The van der Waals surface area contributed by atoms with Crippen LogP contribution in [0.5, 0.6) is 0 Å². The number of aliphatic imine (C=N–C) groups is 1. The monoisotopic (exact) mass is 1080 g/mol. The molecule has 0 aliphatic carbocycles. The molecule has 0 aliphatic heterocycles. The summed E-state index contributed by atoms with van der Waals surface area (Å²) in [6, 6.07) is 18.1. The number of allylic oxidation sites excluding steroid dienone is 2. The van der Waals surface area contributed by atoms with Gasteiger partial charge < -0.3 is 5.32 Å². The second-order valence-corrected chi connectivity index (χ2v) is 18.5. The summed E-state index contributed by atoms with van der Waals surface area (Å²) in [5.41, 5.74) is 0.963.